The second-order valence-corrected chi connectivity index (χ2v) is 6.80. The summed E-state index contributed by atoms with van der Waals surface area (Å²) in [6, 6.07) is 7.24. The number of aryl methyl sites for hydroxylation is 1. The summed E-state index contributed by atoms with van der Waals surface area (Å²) in [5.74, 6) is -1.26. The number of imide groups is 1. The quantitative estimate of drug-likeness (QED) is 0.607. The lowest BCUT2D eigenvalue weighted by Crippen LogP contribution is -2.29. The molecule has 3 aromatic rings. The summed E-state index contributed by atoms with van der Waals surface area (Å²) in [6.07, 6.45) is 0. The second kappa shape index (κ2) is 6.44. The number of hydrogen-bond donors (Lipinski definition) is 0. The van der Waals surface area contributed by atoms with E-state index in [2.05, 4.69) is 10.1 Å². The average molecular weight is 406 g/mol. The number of halogens is 3. The molecular formula is C18H10Cl2FN3O3. The van der Waals surface area contributed by atoms with Crippen LogP contribution in [0, 0.1) is 12.7 Å². The second-order valence-electron chi connectivity index (χ2n) is 5.98. The van der Waals surface area contributed by atoms with Gasteiger partial charge in [0.25, 0.3) is 11.8 Å². The predicted molar refractivity (Wildman–Crippen MR) is 95.1 cm³/mol. The van der Waals surface area contributed by atoms with Gasteiger partial charge in [-0.1, -0.05) is 40.5 Å². The topological polar surface area (TPSA) is 76.3 Å². The van der Waals surface area contributed by atoms with E-state index in [9.17, 15) is 14.0 Å². The van der Waals surface area contributed by atoms with Crippen molar-refractivity contribution in [1.29, 1.82) is 0 Å². The highest BCUT2D eigenvalue weighted by molar-refractivity contribution is 6.43. The molecule has 0 spiro atoms. The number of hydrogen-bond acceptors (Lipinski definition) is 5. The molecule has 1 aromatic heterocycles. The molecule has 0 atom stereocenters. The third-order valence-electron chi connectivity index (χ3n) is 4.20. The first-order valence-electron chi connectivity index (χ1n) is 7.79. The van der Waals surface area contributed by atoms with Gasteiger partial charge in [-0.15, -0.1) is 0 Å². The highest BCUT2D eigenvalue weighted by Crippen LogP contribution is 2.32. The number of rotatable bonds is 3. The Bertz CT molecular complexity index is 1070. The van der Waals surface area contributed by atoms with Crippen LogP contribution in [0.5, 0.6) is 0 Å². The van der Waals surface area contributed by atoms with Gasteiger partial charge in [-0.2, -0.15) is 4.98 Å². The zero-order valence-corrected chi connectivity index (χ0v) is 15.3. The van der Waals surface area contributed by atoms with Crippen molar-refractivity contribution in [3.05, 3.63) is 68.8 Å². The van der Waals surface area contributed by atoms with Crippen LogP contribution in [0.4, 0.5) is 4.39 Å². The summed E-state index contributed by atoms with van der Waals surface area (Å²) in [7, 11) is 0. The summed E-state index contributed by atoms with van der Waals surface area (Å²) in [6.45, 7) is 1.42. The molecule has 1 aliphatic rings. The van der Waals surface area contributed by atoms with Crippen LogP contribution >= 0.6 is 23.2 Å². The van der Waals surface area contributed by atoms with Crippen molar-refractivity contribution in [3.8, 4) is 11.4 Å². The van der Waals surface area contributed by atoms with E-state index in [4.69, 9.17) is 27.7 Å². The Morgan fingerprint density at radius 2 is 1.70 bits per heavy atom. The van der Waals surface area contributed by atoms with Crippen LogP contribution in [0.2, 0.25) is 10.0 Å². The van der Waals surface area contributed by atoms with E-state index in [-0.39, 0.29) is 39.4 Å². The van der Waals surface area contributed by atoms with Crippen LogP contribution in [0.15, 0.2) is 34.9 Å². The molecule has 0 fully saturated rings. The van der Waals surface area contributed by atoms with E-state index < -0.39 is 17.6 Å². The van der Waals surface area contributed by atoms with E-state index >= 15 is 0 Å². The van der Waals surface area contributed by atoms with Crippen LogP contribution in [0.25, 0.3) is 11.4 Å². The Kier molecular flexibility index (Phi) is 4.20. The van der Waals surface area contributed by atoms with E-state index in [1.165, 1.54) is 18.2 Å². The molecule has 0 N–H and O–H groups in total. The maximum absolute atomic E-state index is 13.7. The van der Waals surface area contributed by atoms with Gasteiger partial charge < -0.3 is 4.52 Å². The van der Waals surface area contributed by atoms with Gasteiger partial charge >= 0.3 is 0 Å². The zero-order valence-electron chi connectivity index (χ0n) is 13.8. The van der Waals surface area contributed by atoms with Crippen LogP contribution < -0.4 is 0 Å². The number of benzene rings is 2. The Balaban J connectivity index is 1.60. The first-order valence-corrected chi connectivity index (χ1v) is 8.55. The SMILES string of the molecule is Cc1ccc(-c2noc(CN3C(=O)c4cc(Cl)c(Cl)cc4C3=O)n2)cc1F. The molecule has 27 heavy (non-hydrogen) atoms. The van der Waals surface area contributed by atoms with Crippen LogP contribution in [0.3, 0.4) is 0 Å². The first-order chi connectivity index (χ1) is 12.8. The summed E-state index contributed by atoms with van der Waals surface area (Å²) >= 11 is 11.8. The largest absolute Gasteiger partial charge is 0.337 e. The monoisotopic (exact) mass is 405 g/mol. The van der Waals surface area contributed by atoms with Crippen LogP contribution in [-0.2, 0) is 6.54 Å². The normalized spacial score (nSPS) is 13.4. The van der Waals surface area contributed by atoms with Crippen LogP contribution in [0.1, 0.15) is 32.2 Å². The Hall–Kier alpha value is -2.77. The number of carbonyl (C=O) groups is 2. The zero-order chi connectivity index (χ0) is 19.3. The third kappa shape index (κ3) is 2.98. The van der Waals surface area contributed by atoms with Gasteiger partial charge in [-0.05, 0) is 30.7 Å². The molecule has 1 aliphatic heterocycles. The van der Waals surface area contributed by atoms with Gasteiger partial charge in [0.05, 0.1) is 21.2 Å². The molecule has 0 saturated carbocycles. The van der Waals surface area contributed by atoms with Crippen molar-refractivity contribution in [1.82, 2.24) is 15.0 Å². The molecule has 0 radical (unpaired) electrons. The molecule has 2 heterocycles. The summed E-state index contributed by atoms with van der Waals surface area (Å²) < 4.78 is 18.8. The van der Waals surface area contributed by atoms with E-state index in [0.717, 1.165) is 4.90 Å². The highest BCUT2D eigenvalue weighted by Gasteiger charge is 2.37. The fourth-order valence-corrected chi connectivity index (χ4v) is 3.06. The first kappa shape index (κ1) is 17.6. The smallest absolute Gasteiger partial charge is 0.262 e. The molecule has 2 amide bonds. The minimum absolute atomic E-state index is 0.0395. The van der Waals surface area contributed by atoms with Crippen molar-refractivity contribution in [2.75, 3.05) is 0 Å². The lowest BCUT2D eigenvalue weighted by Gasteiger charge is -2.09. The predicted octanol–water partition coefficient (Wildman–Crippen LogP) is 4.29. The van der Waals surface area contributed by atoms with Gasteiger partial charge in [0.15, 0.2) is 0 Å². The van der Waals surface area contributed by atoms with Crippen molar-refractivity contribution in [2.45, 2.75) is 13.5 Å². The molecular weight excluding hydrogens is 396 g/mol. The van der Waals surface area contributed by atoms with Gasteiger partial charge in [-0.25, -0.2) is 4.39 Å². The Morgan fingerprint density at radius 3 is 2.30 bits per heavy atom. The third-order valence-corrected chi connectivity index (χ3v) is 4.93. The minimum atomic E-state index is -0.533. The molecule has 0 bridgehead atoms. The van der Waals surface area contributed by atoms with E-state index in [1.54, 1.807) is 19.1 Å². The number of aromatic nitrogens is 2. The highest BCUT2D eigenvalue weighted by atomic mass is 35.5. The lowest BCUT2D eigenvalue weighted by atomic mass is 10.1. The summed E-state index contributed by atoms with van der Waals surface area (Å²) in [4.78, 5) is 30.1. The molecule has 6 nitrogen and oxygen atoms in total. The molecule has 136 valence electrons. The van der Waals surface area contributed by atoms with Crippen molar-refractivity contribution in [3.63, 3.8) is 0 Å². The lowest BCUT2D eigenvalue weighted by molar-refractivity contribution is 0.0625. The van der Waals surface area contributed by atoms with Crippen LogP contribution in [-0.4, -0.2) is 26.9 Å². The summed E-state index contributed by atoms with van der Waals surface area (Å²) in [5.41, 5.74) is 1.24. The maximum atomic E-state index is 13.7. The summed E-state index contributed by atoms with van der Waals surface area (Å²) in [5, 5.41) is 4.14. The number of fused-ring (bicyclic) bond motifs is 1. The number of amides is 2. The van der Waals surface area contributed by atoms with Gasteiger partial charge in [0.2, 0.25) is 11.7 Å². The minimum Gasteiger partial charge on any atom is -0.337 e. The number of nitrogens with zero attached hydrogens (tertiary/aromatic N) is 3. The van der Waals surface area contributed by atoms with E-state index in [0.29, 0.717) is 11.1 Å². The molecule has 0 aliphatic carbocycles. The molecule has 2 aromatic carbocycles. The molecule has 4 rings (SSSR count). The van der Waals surface area contributed by atoms with Crippen molar-refractivity contribution in [2.24, 2.45) is 0 Å². The van der Waals surface area contributed by atoms with Gasteiger partial charge in [0.1, 0.15) is 12.4 Å². The average Bonchev–Trinajstić information content (AvgIpc) is 3.18. The van der Waals surface area contributed by atoms with Crippen molar-refractivity contribution < 1.29 is 18.5 Å². The molecule has 9 heteroatoms. The molecule has 0 saturated heterocycles. The standard InChI is InChI=1S/C18H10Cl2FN3O3/c1-8-2-3-9(4-14(8)21)16-22-15(27-23-16)7-24-17(25)10-5-12(19)13(20)6-11(10)18(24)26/h2-6H,7H2,1H3. The molecule has 0 unspecified atom stereocenters. The Morgan fingerprint density at radius 1 is 1.07 bits per heavy atom. The number of carbonyl (C=O) groups excluding carboxylic acids is 2. The maximum Gasteiger partial charge on any atom is 0.262 e. The van der Waals surface area contributed by atoms with Gasteiger partial charge in [-0.3, -0.25) is 14.5 Å². The van der Waals surface area contributed by atoms with Crippen molar-refractivity contribution >= 4 is 35.0 Å². The van der Waals surface area contributed by atoms with E-state index in [1.807, 2.05) is 0 Å². The fraction of sp³-hybridized carbons (Fsp3) is 0.111. The Labute approximate surface area is 162 Å². The fourth-order valence-electron chi connectivity index (χ4n) is 2.73. The van der Waals surface area contributed by atoms with Gasteiger partial charge in [0, 0.05) is 5.56 Å².